The number of carbonyl (C=O) groups excluding carboxylic acids is 1. The van der Waals surface area contributed by atoms with Crippen molar-refractivity contribution in [3.8, 4) is 0 Å². The van der Waals surface area contributed by atoms with Crippen LogP contribution >= 0.6 is 0 Å². The number of amides is 1. The largest absolute Gasteiger partial charge is 0.389 e. The number of hydrogen-bond donors (Lipinski definition) is 3. The average molecular weight is 244 g/mol. The predicted molar refractivity (Wildman–Crippen MR) is 65.8 cm³/mol. The molecule has 1 aliphatic carbocycles. The molecule has 1 fully saturated rings. The molecule has 0 spiro atoms. The second kappa shape index (κ2) is 8.44. The van der Waals surface area contributed by atoms with Crippen molar-refractivity contribution in [3.63, 3.8) is 0 Å². The first-order chi connectivity index (χ1) is 8.18. The maximum Gasteiger partial charge on any atom is 0.216 e. The SMILES string of the molecule is CC(=O)NCCNCC(O)COC1CCCC1. The van der Waals surface area contributed by atoms with Crippen LogP contribution in [0, 0.1) is 0 Å². The first-order valence-electron chi connectivity index (χ1n) is 6.43. The van der Waals surface area contributed by atoms with Crippen molar-refractivity contribution in [3.05, 3.63) is 0 Å². The van der Waals surface area contributed by atoms with E-state index in [1.807, 2.05) is 0 Å². The van der Waals surface area contributed by atoms with Crippen molar-refractivity contribution in [2.45, 2.75) is 44.8 Å². The molecular weight excluding hydrogens is 220 g/mol. The lowest BCUT2D eigenvalue weighted by molar-refractivity contribution is -0.118. The van der Waals surface area contributed by atoms with E-state index in [4.69, 9.17) is 4.74 Å². The predicted octanol–water partition coefficient (Wildman–Crippen LogP) is 0.0322. The summed E-state index contributed by atoms with van der Waals surface area (Å²) in [6, 6.07) is 0. The lowest BCUT2D eigenvalue weighted by Gasteiger charge is -2.16. The third-order valence-electron chi connectivity index (χ3n) is 2.88. The first-order valence-corrected chi connectivity index (χ1v) is 6.43. The summed E-state index contributed by atoms with van der Waals surface area (Å²) in [5, 5.41) is 15.4. The highest BCUT2D eigenvalue weighted by Crippen LogP contribution is 2.20. The van der Waals surface area contributed by atoms with Crippen LogP contribution in [0.15, 0.2) is 0 Å². The lowest BCUT2D eigenvalue weighted by Crippen LogP contribution is -2.36. The molecule has 3 N–H and O–H groups in total. The van der Waals surface area contributed by atoms with E-state index in [1.165, 1.54) is 19.8 Å². The molecule has 0 bridgehead atoms. The van der Waals surface area contributed by atoms with Gasteiger partial charge >= 0.3 is 0 Å². The van der Waals surface area contributed by atoms with Gasteiger partial charge in [-0.25, -0.2) is 0 Å². The molecule has 0 heterocycles. The van der Waals surface area contributed by atoms with Crippen LogP contribution in [0.1, 0.15) is 32.6 Å². The van der Waals surface area contributed by atoms with Crippen molar-refractivity contribution in [1.82, 2.24) is 10.6 Å². The molecule has 1 amide bonds. The minimum Gasteiger partial charge on any atom is -0.389 e. The number of hydrogen-bond acceptors (Lipinski definition) is 4. The highest BCUT2D eigenvalue weighted by molar-refractivity contribution is 5.72. The molecule has 5 nitrogen and oxygen atoms in total. The van der Waals surface area contributed by atoms with Gasteiger partial charge in [0.15, 0.2) is 0 Å². The van der Waals surface area contributed by atoms with Gasteiger partial charge in [-0.05, 0) is 12.8 Å². The highest BCUT2D eigenvalue weighted by atomic mass is 16.5. The summed E-state index contributed by atoms with van der Waals surface area (Å²) in [6.45, 7) is 3.65. The van der Waals surface area contributed by atoms with Crippen LogP contribution in [0.5, 0.6) is 0 Å². The summed E-state index contributed by atoms with van der Waals surface area (Å²) < 4.78 is 5.60. The van der Waals surface area contributed by atoms with E-state index in [0.29, 0.717) is 32.3 Å². The van der Waals surface area contributed by atoms with Crippen LogP contribution < -0.4 is 10.6 Å². The van der Waals surface area contributed by atoms with Crippen molar-refractivity contribution in [2.75, 3.05) is 26.2 Å². The van der Waals surface area contributed by atoms with E-state index < -0.39 is 6.10 Å². The Morgan fingerprint density at radius 3 is 2.76 bits per heavy atom. The van der Waals surface area contributed by atoms with Gasteiger partial charge in [0, 0.05) is 26.6 Å². The van der Waals surface area contributed by atoms with Crippen LogP contribution in [-0.2, 0) is 9.53 Å². The Labute approximate surface area is 103 Å². The topological polar surface area (TPSA) is 70.6 Å². The molecule has 0 saturated heterocycles. The van der Waals surface area contributed by atoms with Crippen molar-refractivity contribution in [2.24, 2.45) is 0 Å². The maximum atomic E-state index is 10.6. The molecule has 0 radical (unpaired) electrons. The normalized spacial score (nSPS) is 18.2. The van der Waals surface area contributed by atoms with Gasteiger partial charge in [0.1, 0.15) is 0 Å². The van der Waals surface area contributed by atoms with E-state index in [-0.39, 0.29) is 5.91 Å². The molecule has 0 aromatic rings. The Hall–Kier alpha value is -0.650. The van der Waals surface area contributed by atoms with Crippen molar-refractivity contribution in [1.29, 1.82) is 0 Å². The number of ether oxygens (including phenoxy) is 1. The first kappa shape index (κ1) is 14.4. The van der Waals surface area contributed by atoms with Gasteiger partial charge in [0.25, 0.3) is 0 Å². The Kier molecular flexibility index (Phi) is 7.16. The molecule has 1 saturated carbocycles. The van der Waals surface area contributed by atoms with E-state index in [1.54, 1.807) is 0 Å². The summed E-state index contributed by atoms with van der Waals surface area (Å²) in [4.78, 5) is 10.6. The molecule has 0 aliphatic heterocycles. The Morgan fingerprint density at radius 1 is 1.41 bits per heavy atom. The van der Waals surface area contributed by atoms with Gasteiger partial charge in [-0.2, -0.15) is 0 Å². The molecule has 1 rings (SSSR count). The fraction of sp³-hybridized carbons (Fsp3) is 0.917. The maximum absolute atomic E-state index is 10.6. The van der Waals surface area contributed by atoms with Crippen molar-refractivity contribution < 1.29 is 14.6 Å². The average Bonchev–Trinajstić information content (AvgIpc) is 2.78. The molecule has 0 aromatic heterocycles. The zero-order valence-corrected chi connectivity index (χ0v) is 10.6. The molecule has 5 heteroatoms. The third-order valence-corrected chi connectivity index (χ3v) is 2.88. The highest BCUT2D eigenvalue weighted by Gasteiger charge is 2.16. The Morgan fingerprint density at radius 2 is 2.12 bits per heavy atom. The zero-order valence-electron chi connectivity index (χ0n) is 10.6. The van der Waals surface area contributed by atoms with Crippen LogP contribution in [0.2, 0.25) is 0 Å². The minimum atomic E-state index is -0.465. The molecule has 17 heavy (non-hydrogen) atoms. The molecule has 1 aliphatic rings. The monoisotopic (exact) mass is 244 g/mol. The van der Waals surface area contributed by atoms with Crippen LogP contribution in [0.4, 0.5) is 0 Å². The second-order valence-corrected chi connectivity index (χ2v) is 4.58. The van der Waals surface area contributed by atoms with Crippen molar-refractivity contribution >= 4 is 5.91 Å². The van der Waals surface area contributed by atoms with E-state index in [9.17, 15) is 9.90 Å². The van der Waals surface area contributed by atoms with Gasteiger partial charge in [-0.15, -0.1) is 0 Å². The molecule has 1 atom stereocenters. The summed E-state index contributed by atoms with van der Waals surface area (Å²) >= 11 is 0. The fourth-order valence-corrected chi connectivity index (χ4v) is 1.96. The number of aliphatic hydroxyl groups is 1. The fourth-order valence-electron chi connectivity index (χ4n) is 1.96. The smallest absolute Gasteiger partial charge is 0.216 e. The standard InChI is InChI=1S/C12H24N2O3/c1-10(15)14-7-6-13-8-11(16)9-17-12-4-2-3-5-12/h11-13,16H,2-9H2,1H3,(H,14,15). The van der Waals surface area contributed by atoms with Gasteiger partial charge in [0.2, 0.25) is 5.91 Å². The molecule has 0 aromatic carbocycles. The van der Waals surface area contributed by atoms with Gasteiger partial charge in [-0.1, -0.05) is 12.8 Å². The summed E-state index contributed by atoms with van der Waals surface area (Å²) in [6.07, 6.45) is 4.63. The second-order valence-electron chi connectivity index (χ2n) is 4.58. The zero-order chi connectivity index (χ0) is 12.5. The van der Waals surface area contributed by atoms with Gasteiger partial charge in [-0.3, -0.25) is 4.79 Å². The molecule has 100 valence electrons. The number of aliphatic hydroxyl groups excluding tert-OH is 1. The van der Waals surface area contributed by atoms with Crippen LogP contribution in [-0.4, -0.2) is 49.5 Å². The summed E-state index contributed by atoms with van der Waals surface area (Å²) in [5.41, 5.74) is 0. The van der Waals surface area contributed by atoms with Crippen LogP contribution in [0.25, 0.3) is 0 Å². The van der Waals surface area contributed by atoms with Gasteiger partial charge < -0.3 is 20.5 Å². The molecule has 1 unspecified atom stereocenters. The molecular formula is C12H24N2O3. The Bertz CT molecular complexity index is 218. The number of rotatable bonds is 8. The van der Waals surface area contributed by atoms with Crippen LogP contribution in [0.3, 0.4) is 0 Å². The lowest BCUT2D eigenvalue weighted by atomic mass is 10.3. The quantitative estimate of drug-likeness (QED) is 0.527. The van der Waals surface area contributed by atoms with Gasteiger partial charge in [0.05, 0.1) is 18.8 Å². The summed E-state index contributed by atoms with van der Waals surface area (Å²) in [7, 11) is 0. The van der Waals surface area contributed by atoms with E-state index >= 15 is 0 Å². The third kappa shape index (κ3) is 7.31. The minimum absolute atomic E-state index is 0.0306. The van der Waals surface area contributed by atoms with E-state index in [2.05, 4.69) is 10.6 Å². The number of nitrogens with one attached hydrogen (secondary N) is 2. The van der Waals surface area contributed by atoms with E-state index in [0.717, 1.165) is 12.8 Å². The Balaban J connectivity index is 1.90. The summed E-state index contributed by atoms with van der Waals surface area (Å²) in [5.74, 6) is -0.0306. The number of carbonyl (C=O) groups is 1.